The summed E-state index contributed by atoms with van der Waals surface area (Å²) in [4.78, 5) is 24.6. The third kappa shape index (κ3) is 6.59. The van der Waals surface area contributed by atoms with Gasteiger partial charge in [-0.15, -0.1) is 0 Å². The Morgan fingerprint density at radius 1 is 1.13 bits per heavy atom. The number of aromatic nitrogens is 4. The number of imidazole rings is 1. The number of nitrogens with zero attached hydrogens (tertiary/aromatic N) is 4. The van der Waals surface area contributed by atoms with Crippen molar-refractivity contribution in [2.75, 3.05) is 18.9 Å². The third-order valence-corrected chi connectivity index (χ3v) is 7.37. The monoisotopic (exact) mass is 554 g/mol. The number of ether oxygens (including phenoxy) is 2. The molecule has 4 aromatic rings. The number of aliphatic hydroxyl groups excluding tert-OH is 1. The number of anilines is 1. The van der Waals surface area contributed by atoms with Crippen LogP contribution in [0.1, 0.15) is 18.2 Å². The Morgan fingerprint density at radius 2 is 1.87 bits per heavy atom. The minimum absolute atomic E-state index is 0.0702. The van der Waals surface area contributed by atoms with E-state index in [2.05, 4.69) is 20.0 Å². The van der Waals surface area contributed by atoms with E-state index in [-0.39, 0.29) is 31.2 Å². The molecule has 5 rings (SSSR count). The maximum Gasteiger partial charge on any atom is 0.459 e. The van der Waals surface area contributed by atoms with E-state index >= 15 is 0 Å². The van der Waals surface area contributed by atoms with Crippen molar-refractivity contribution in [2.45, 2.75) is 31.5 Å². The first-order chi connectivity index (χ1) is 18.9. The van der Waals surface area contributed by atoms with Gasteiger partial charge in [0.05, 0.1) is 19.0 Å². The predicted octanol–water partition coefficient (Wildman–Crippen LogP) is 2.59. The number of hydrogen-bond acceptors (Lipinski definition) is 11. The molecule has 0 amide bonds. The van der Waals surface area contributed by atoms with Gasteiger partial charge in [0.1, 0.15) is 36.8 Å². The number of nitrogens with two attached hydrogens (primary N) is 1. The average molecular weight is 555 g/mol. The summed E-state index contributed by atoms with van der Waals surface area (Å²) in [5.74, 6) is -0.155. The van der Waals surface area contributed by atoms with Gasteiger partial charge in [-0.05, 0) is 17.7 Å². The quantitative estimate of drug-likeness (QED) is 0.183. The Balaban J connectivity index is 1.22. The first kappa shape index (κ1) is 26.7. The highest BCUT2D eigenvalue weighted by Crippen LogP contribution is 2.45. The maximum atomic E-state index is 13.6. The van der Waals surface area contributed by atoms with Gasteiger partial charge in [0.2, 0.25) is 0 Å². The molecular weight excluding hydrogens is 527 g/mol. The fraction of sp³-hybridized carbons (Fsp3) is 0.280. The van der Waals surface area contributed by atoms with E-state index in [1.54, 1.807) is 34.9 Å². The second-order valence-electron chi connectivity index (χ2n) is 8.71. The van der Waals surface area contributed by atoms with Crippen molar-refractivity contribution in [3.05, 3.63) is 78.9 Å². The van der Waals surface area contributed by atoms with Gasteiger partial charge in [0.25, 0.3) is 0 Å². The lowest BCUT2D eigenvalue weighted by molar-refractivity contribution is -0.143. The largest absolute Gasteiger partial charge is 0.460 e. The zero-order valence-corrected chi connectivity index (χ0v) is 21.6. The summed E-state index contributed by atoms with van der Waals surface area (Å²) in [5.41, 5.74) is 7.46. The molecule has 0 spiro atoms. The minimum Gasteiger partial charge on any atom is -0.460 e. The summed E-state index contributed by atoms with van der Waals surface area (Å²) in [6, 6.07) is 17.6. The van der Waals surface area contributed by atoms with Gasteiger partial charge in [-0.25, -0.2) is 24.6 Å². The third-order valence-electron chi connectivity index (χ3n) is 5.89. The molecule has 0 bridgehead atoms. The number of benzene rings is 2. The number of nitrogen functional groups attached to an aromatic ring is 1. The lowest BCUT2D eigenvalue weighted by atomic mass is 10.2. The first-order valence-electron chi connectivity index (χ1n) is 12.1. The number of para-hydroxylation sites is 1. The molecule has 204 valence electrons. The van der Waals surface area contributed by atoms with Crippen LogP contribution in [0.3, 0.4) is 0 Å². The molecule has 1 saturated heterocycles. The van der Waals surface area contributed by atoms with Crippen LogP contribution in [0.2, 0.25) is 0 Å². The molecule has 0 radical (unpaired) electrons. The Bertz CT molecular complexity index is 1460. The molecule has 2 aromatic heterocycles. The number of carbonyl (C=O) groups excluding carboxylic acids is 1. The minimum atomic E-state index is -4.06. The van der Waals surface area contributed by atoms with Crippen LogP contribution in [0.5, 0.6) is 5.75 Å². The SMILES string of the molecule is Nc1ncnc2c1ncn2[C@@H]1OC(COP(=O)(NCC(=O)OCc2ccccc2)Oc2ccccc2)CC1O. The van der Waals surface area contributed by atoms with Crippen molar-refractivity contribution in [1.82, 2.24) is 24.6 Å². The van der Waals surface area contributed by atoms with Crippen molar-refractivity contribution < 1.29 is 33.0 Å². The van der Waals surface area contributed by atoms with Crippen LogP contribution in [-0.2, 0) is 30.0 Å². The molecule has 1 aliphatic heterocycles. The van der Waals surface area contributed by atoms with E-state index in [4.69, 9.17) is 24.3 Å². The highest BCUT2D eigenvalue weighted by molar-refractivity contribution is 7.52. The van der Waals surface area contributed by atoms with Crippen LogP contribution in [0, 0.1) is 0 Å². The van der Waals surface area contributed by atoms with Crippen LogP contribution >= 0.6 is 7.75 Å². The zero-order chi connectivity index (χ0) is 27.2. The summed E-state index contributed by atoms with van der Waals surface area (Å²) >= 11 is 0. The zero-order valence-electron chi connectivity index (χ0n) is 20.7. The summed E-state index contributed by atoms with van der Waals surface area (Å²) < 4.78 is 37.7. The molecule has 4 N–H and O–H groups in total. The topological polar surface area (TPSA) is 173 Å². The normalized spacial score (nSPS) is 20.5. The lowest BCUT2D eigenvalue weighted by Crippen LogP contribution is -2.27. The van der Waals surface area contributed by atoms with E-state index in [0.29, 0.717) is 11.2 Å². The van der Waals surface area contributed by atoms with Crippen molar-refractivity contribution in [3.63, 3.8) is 0 Å². The molecule has 3 heterocycles. The van der Waals surface area contributed by atoms with Crippen LogP contribution in [0.25, 0.3) is 11.2 Å². The number of rotatable bonds is 11. The highest BCUT2D eigenvalue weighted by atomic mass is 31.2. The number of fused-ring (bicyclic) bond motifs is 1. The Labute approximate surface area is 223 Å². The second-order valence-corrected chi connectivity index (χ2v) is 10.5. The molecule has 4 atom stereocenters. The predicted molar refractivity (Wildman–Crippen MR) is 139 cm³/mol. The average Bonchev–Trinajstić information content (AvgIpc) is 3.54. The van der Waals surface area contributed by atoms with Gasteiger partial charge in [-0.1, -0.05) is 48.5 Å². The molecular formula is C25H27N6O7P. The fourth-order valence-electron chi connectivity index (χ4n) is 4.00. The van der Waals surface area contributed by atoms with Gasteiger partial charge in [-0.3, -0.25) is 13.9 Å². The molecule has 3 unspecified atom stereocenters. The molecule has 0 saturated carbocycles. The molecule has 1 fully saturated rings. The summed E-state index contributed by atoms with van der Waals surface area (Å²) in [6.45, 7) is -0.551. The number of hydrogen-bond donors (Lipinski definition) is 3. The molecule has 39 heavy (non-hydrogen) atoms. The highest BCUT2D eigenvalue weighted by Gasteiger charge is 2.38. The van der Waals surface area contributed by atoms with Crippen molar-refractivity contribution in [1.29, 1.82) is 0 Å². The van der Waals surface area contributed by atoms with E-state index in [0.717, 1.165) is 5.56 Å². The van der Waals surface area contributed by atoms with Gasteiger partial charge >= 0.3 is 13.7 Å². The van der Waals surface area contributed by atoms with Gasteiger partial charge in [-0.2, -0.15) is 0 Å². The smallest absolute Gasteiger partial charge is 0.459 e. The molecule has 0 aliphatic carbocycles. The van der Waals surface area contributed by atoms with Crippen molar-refractivity contribution in [3.8, 4) is 5.75 Å². The van der Waals surface area contributed by atoms with Crippen LogP contribution < -0.4 is 15.3 Å². The number of carbonyl (C=O) groups is 1. The van der Waals surface area contributed by atoms with Gasteiger partial charge < -0.3 is 24.8 Å². The van der Waals surface area contributed by atoms with Crippen LogP contribution in [0.4, 0.5) is 5.82 Å². The van der Waals surface area contributed by atoms with E-state index in [9.17, 15) is 14.5 Å². The molecule has 2 aromatic carbocycles. The summed E-state index contributed by atoms with van der Waals surface area (Å²) in [6.07, 6.45) is 0.525. The molecule has 1 aliphatic rings. The Morgan fingerprint density at radius 3 is 2.64 bits per heavy atom. The Hall–Kier alpha value is -3.87. The first-order valence-corrected chi connectivity index (χ1v) is 13.6. The number of nitrogens with one attached hydrogen (secondary N) is 1. The summed E-state index contributed by atoms with van der Waals surface area (Å²) in [7, 11) is -4.06. The molecule has 14 heteroatoms. The molecule has 13 nitrogen and oxygen atoms in total. The van der Waals surface area contributed by atoms with Crippen LogP contribution in [0.15, 0.2) is 73.3 Å². The standard InChI is InChI=1S/C25H27N6O7P/c26-23-22-24(28-15-27-23)31(16-29-22)25-20(32)11-19(37-25)14-36-39(34,38-18-9-5-2-6-10-18)30-12-21(33)35-13-17-7-3-1-4-8-17/h1-10,15-16,19-20,25,32H,11-14H2,(H,30,34)(H2,26,27,28)/t19?,20?,25-,39?/m1/s1. The Kier molecular flexibility index (Phi) is 8.15. The second kappa shape index (κ2) is 11.9. The van der Waals surface area contributed by atoms with Gasteiger partial charge in [0, 0.05) is 6.42 Å². The van der Waals surface area contributed by atoms with Gasteiger partial charge in [0.15, 0.2) is 17.7 Å². The maximum absolute atomic E-state index is 13.6. The van der Waals surface area contributed by atoms with E-state index in [1.807, 2.05) is 30.3 Å². The van der Waals surface area contributed by atoms with E-state index in [1.165, 1.54) is 12.7 Å². The van der Waals surface area contributed by atoms with Crippen molar-refractivity contribution >= 4 is 30.7 Å². The number of aliphatic hydroxyl groups is 1. The number of esters is 1. The van der Waals surface area contributed by atoms with Crippen LogP contribution in [-0.4, -0.2) is 56.0 Å². The van der Waals surface area contributed by atoms with Crippen molar-refractivity contribution in [2.24, 2.45) is 0 Å². The fourth-order valence-corrected chi connectivity index (χ4v) is 5.29. The summed E-state index contributed by atoms with van der Waals surface area (Å²) in [5, 5.41) is 13.2. The lowest BCUT2D eigenvalue weighted by Gasteiger charge is -2.21. The van der Waals surface area contributed by atoms with E-state index < -0.39 is 38.7 Å².